The number of benzene rings is 1. The van der Waals surface area contributed by atoms with E-state index >= 15 is 0 Å². The number of amides is 2. The topological polar surface area (TPSA) is 71.5 Å². The summed E-state index contributed by atoms with van der Waals surface area (Å²) in [5, 5.41) is 2.67. The molecule has 130 valence electrons. The number of rotatable bonds is 3. The van der Waals surface area contributed by atoms with Crippen LogP contribution in [0, 0.1) is 12.7 Å². The monoisotopic (exact) mass is 343 g/mol. The quantitative estimate of drug-likeness (QED) is 0.928. The Morgan fingerprint density at radius 1 is 1.20 bits per heavy atom. The van der Waals surface area contributed by atoms with Crippen molar-refractivity contribution in [2.24, 2.45) is 0 Å². The number of nitrogens with zero attached hydrogens (tertiary/aromatic N) is 2. The van der Waals surface area contributed by atoms with Crippen LogP contribution >= 0.6 is 0 Å². The molecule has 0 unspecified atom stereocenters. The second kappa shape index (κ2) is 7.40. The first-order chi connectivity index (χ1) is 12.0. The van der Waals surface area contributed by atoms with Gasteiger partial charge in [0, 0.05) is 30.5 Å². The zero-order valence-corrected chi connectivity index (χ0v) is 13.8. The van der Waals surface area contributed by atoms with Crippen molar-refractivity contribution in [1.29, 1.82) is 0 Å². The average molecular weight is 343 g/mol. The number of anilines is 1. The molecule has 0 bridgehead atoms. The molecule has 2 aromatic rings. The molecule has 1 aliphatic heterocycles. The second-order valence-electron chi connectivity index (χ2n) is 5.78. The molecule has 0 aliphatic carbocycles. The number of pyridine rings is 1. The summed E-state index contributed by atoms with van der Waals surface area (Å²) in [6.45, 7) is 3.98. The molecule has 1 aromatic heterocycles. The number of hydrogen-bond acceptors (Lipinski definition) is 4. The maximum absolute atomic E-state index is 13.2. The molecule has 1 aliphatic rings. The van der Waals surface area contributed by atoms with Crippen LogP contribution in [0.25, 0.3) is 0 Å². The summed E-state index contributed by atoms with van der Waals surface area (Å²) in [5.74, 6) is -1.16. The highest BCUT2D eigenvalue weighted by atomic mass is 19.1. The van der Waals surface area contributed by atoms with Crippen LogP contribution in [0.15, 0.2) is 36.7 Å². The van der Waals surface area contributed by atoms with Crippen LogP contribution in [-0.4, -0.2) is 48.0 Å². The number of halogens is 1. The van der Waals surface area contributed by atoms with Crippen LogP contribution < -0.4 is 5.32 Å². The standard InChI is InChI=1S/C18H18FN3O3/c1-12-2-3-15(21-17(23)13-8-14(19)11-20-10-13)9-16(12)18(24)22-4-6-25-7-5-22/h2-3,8-11H,4-7H2,1H3,(H,21,23). The van der Waals surface area contributed by atoms with E-state index in [0.29, 0.717) is 37.6 Å². The van der Waals surface area contributed by atoms with Gasteiger partial charge in [0.2, 0.25) is 0 Å². The third-order valence-electron chi connectivity index (χ3n) is 3.99. The minimum absolute atomic E-state index is 0.0932. The van der Waals surface area contributed by atoms with Crippen molar-refractivity contribution in [3.63, 3.8) is 0 Å². The van der Waals surface area contributed by atoms with Gasteiger partial charge in [-0.3, -0.25) is 14.6 Å². The lowest BCUT2D eigenvalue weighted by Gasteiger charge is -2.27. The molecule has 1 N–H and O–H groups in total. The minimum atomic E-state index is -0.584. The van der Waals surface area contributed by atoms with E-state index in [0.717, 1.165) is 17.8 Å². The van der Waals surface area contributed by atoms with E-state index in [-0.39, 0.29) is 11.5 Å². The van der Waals surface area contributed by atoms with Gasteiger partial charge in [-0.25, -0.2) is 4.39 Å². The summed E-state index contributed by atoms with van der Waals surface area (Å²) in [6.07, 6.45) is 2.31. The summed E-state index contributed by atoms with van der Waals surface area (Å²) in [6, 6.07) is 6.22. The Morgan fingerprint density at radius 2 is 1.96 bits per heavy atom. The zero-order valence-electron chi connectivity index (χ0n) is 13.8. The number of hydrogen-bond donors (Lipinski definition) is 1. The molecule has 1 aromatic carbocycles. The van der Waals surface area contributed by atoms with E-state index in [2.05, 4.69) is 10.3 Å². The third kappa shape index (κ3) is 4.00. The summed E-state index contributed by atoms with van der Waals surface area (Å²) < 4.78 is 18.5. The average Bonchev–Trinajstić information content (AvgIpc) is 2.63. The van der Waals surface area contributed by atoms with Crippen LogP contribution in [0.4, 0.5) is 10.1 Å². The normalized spacial score (nSPS) is 14.2. The lowest BCUT2D eigenvalue weighted by Crippen LogP contribution is -2.41. The molecule has 0 radical (unpaired) electrons. The van der Waals surface area contributed by atoms with Gasteiger partial charge in [0.15, 0.2) is 0 Å². The second-order valence-corrected chi connectivity index (χ2v) is 5.78. The van der Waals surface area contributed by atoms with Gasteiger partial charge in [-0.15, -0.1) is 0 Å². The van der Waals surface area contributed by atoms with Crippen molar-refractivity contribution in [2.45, 2.75) is 6.92 Å². The summed E-state index contributed by atoms with van der Waals surface area (Å²) in [4.78, 5) is 30.3. The van der Waals surface area contributed by atoms with Gasteiger partial charge < -0.3 is 15.0 Å². The maximum atomic E-state index is 13.2. The minimum Gasteiger partial charge on any atom is -0.378 e. The Morgan fingerprint density at radius 3 is 2.68 bits per heavy atom. The first-order valence-corrected chi connectivity index (χ1v) is 7.94. The number of nitrogens with one attached hydrogen (secondary N) is 1. The SMILES string of the molecule is Cc1ccc(NC(=O)c2cncc(F)c2)cc1C(=O)N1CCOCC1. The Balaban J connectivity index is 1.79. The highest BCUT2D eigenvalue weighted by Gasteiger charge is 2.20. The number of carbonyl (C=O) groups excluding carboxylic acids is 2. The van der Waals surface area contributed by atoms with E-state index < -0.39 is 11.7 Å². The fourth-order valence-corrected chi connectivity index (χ4v) is 2.61. The summed E-state index contributed by atoms with van der Waals surface area (Å²) in [5.41, 5.74) is 1.93. The fourth-order valence-electron chi connectivity index (χ4n) is 2.61. The molecule has 0 spiro atoms. The lowest BCUT2D eigenvalue weighted by molar-refractivity contribution is 0.0302. The fraction of sp³-hybridized carbons (Fsp3) is 0.278. The van der Waals surface area contributed by atoms with Crippen LogP contribution in [0.2, 0.25) is 0 Å². The van der Waals surface area contributed by atoms with E-state index in [1.807, 2.05) is 6.92 Å². The van der Waals surface area contributed by atoms with Gasteiger partial charge in [0.25, 0.3) is 11.8 Å². The van der Waals surface area contributed by atoms with Gasteiger partial charge in [-0.1, -0.05) is 6.07 Å². The van der Waals surface area contributed by atoms with E-state index in [9.17, 15) is 14.0 Å². The molecule has 2 heterocycles. The predicted molar refractivity (Wildman–Crippen MR) is 90.0 cm³/mol. The van der Waals surface area contributed by atoms with E-state index in [1.54, 1.807) is 23.1 Å². The molecule has 0 atom stereocenters. The Labute approximate surface area is 144 Å². The smallest absolute Gasteiger partial charge is 0.257 e. The van der Waals surface area contributed by atoms with Crippen molar-refractivity contribution in [3.05, 3.63) is 59.2 Å². The van der Waals surface area contributed by atoms with Crippen LogP contribution in [0.3, 0.4) is 0 Å². The van der Waals surface area contributed by atoms with Crippen molar-refractivity contribution >= 4 is 17.5 Å². The zero-order chi connectivity index (χ0) is 17.8. The molecule has 2 amide bonds. The first-order valence-electron chi connectivity index (χ1n) is 7.94. The van der Waals surface area contributed by atoms with Crippen molar-refractivity contribution in [3.8, 4) is 0 Å². The predicted octanol–water partition coefficient (Wildman–Crippen LogP) is 2.25. The van der Waals surface area contributed by atoms with Gasteiger partial charge in [0.1, 0.15) is 5.82 Å². The molecular weight excluding hydrogens is 325 g/mol. The van der Waals surface area contributed by atoms with Gasteiger partial charge >= 0.3 is 0 Å². The van der Waals surface area contributed by atoms with Crippen LogP contribution in [0.5, 0.6) is 0 Å². The summed E-state index contributed by atoms with van der Waals surface area (Å²) in [7, 11) is 0. The largest absolute Gasteiger partial charge is 0.378 e. The van der Waals surface area contributed by atoms with Gasteiger partial charge in [0.05, 0.1) is 25.0 Å². The van der Waals surface area contributed by atoms with Crippen LogP contribution in [-0.2, 0) is 4.74 Å². The number of carbonyl (C=O) groups is 2. The number of morpholine rings is 1. The molecule has 3 rings (SSSR count). The molecule has 25 heavy (non-hydrogen) atoms. The molecule has 7 heteroatoms. The van der Waals surface area contributed by atoms with Crippen molar-refractivity contribution in [1.82, 2.24) is 9.88 Å². The van der Waals surface area contributed by atoms with Crippen molar-refractivity contribution < 1.29 is 18.7 Å². The first kappa shape index (κ1) is 17.0. The van der Waals surface area contributed by atoms with Crippen molar-refractivity contribution in [2.75, 3.05) is 31.6 Å². The molecule has 1 saturated heterocycles. The Bertz CT molecular complexity index is 804. The lowest BCUT2D eigenvalue weighted by atomic mass is 10.1. The highest BCUT2D eigenvalue weighted by molar-refractivity contribution is 6.05. The van der Waals surface area contributed by atoms with Gasteiger partial charge in [-0.2, -0.15) is 0 Å². The molecule has 6 nitrogen and oxygen atoms in total. The number of ether oxygens (including phenoxy) is 1. The maximum Gasteiger partial charge on any atom is 0.257 e. The number of aromatic nitrogens is 1. The molecule has 0 saturated carbocycles. The van der Waals surface area contributed by atoms with E-state index in [1.165, 1.54) is 6.20 Å². The Kier molecular flexibility index (Phi) is 5.04. The third-order valence-corrected chi connectivity index (χ3v) is 3.99. The van der Waals surface area contributed by atoms with Gasteiger partial charge in [-0.05, 0) is 30.7 Å². The Hall–Kier alpha value is -2.80. The van der Waals surface area contributed by atoms with E-state index in [4.69, 9.17) is 4.74 Å². The molecule has 1 fully saturated rings. The molecular formula is C18H18FN3O3. The van der Waals surface area contributed by atoms with Crippen LogP contribution in [0.1, 0.15) is 26.3 Å². The highest BCUT2D eigenvalue weighted by Crippen LogP contribution is 2.19. The summed E-state index contributed by atoms with van der Waals surface area (Å²) >= 11 is 0. The number of aryl methyl sites for hydroxylation is 1.